The zero-order chi connectivity index (χ0) is 21.4. The number of amides is 1. The van der Waals surface area contributed by atoms with Crippen LogP contribution in [0.25, 0.3) is 10.2 Å². The first-order valence-corrected chi connectivity index (χ1v) is 12.1. The normalized spacial score (nSPS) is 22.6. The van der Waals surface area contributed by atoms with E-state index in [9.17, 15) is 4.79 Å². The molecule has 2 bridgehead atoms. The lowest BCUT2D eigenvalue weighted by Gasteiger charge is -2.29. The van der Waals surface area contributed by atoms with Gasteiger partial charge in [-0.05, 0) is 68.2 Å². The summed E-state index contributed by atoms with van der Waals surface area (Å²) < 4.78 is 0. The van der Waals surface area contributed by atoms with Crippen molar-refractivity contribution in [1.82, 2.24) is 15.6 Å². The molecule has 2 aliphatic rings. The maximum absolute atomic E-state index is 12.8. The van der Waals surface area contributed by atoms with Gasteiger partial charge in [0.05, 0.1) is 5.69 Å². The number of aryl methyl sites for hydroxylation is 1. The van der Waals surface area contributed by atoms with Crippen LogP contribution in [0.5, 0.6) is 0 Å². The first kappa shape index (κ1) is 20.5. The van der Waals surface area contributed by atoms with E-state index in [1.807, 2.05) is 26.1 Å². The van der Waals surface area contributed by atoms with Gasteiger partial charge in [-0.15, -0.1) is 11.3 Å². The Bertz CT molecular complexity index is 1080. The Morgan fingerprint density at radius 3 is 2.58 bits per heavy atom. The lowest BCUT2D eigenvalue weighted by atomic mass is 9.86. The molecular weight excluding hydrogens is 404 g/mol. The number of hydrogen-bond donors (Lipinski definition) is 3. The van der Waals surface area contributed by atoms with Crippen LogP contribution in [-0.4, -0.2) is 36.6 Å². The van der Waals surface area contributed by atoms with Gasteiger partial charge in [-0.3, -0.25) is 4.79 Å². The monoisotopic (exact) mass is 434 g/mol. The smallest absolute Gasteiger partial charge is 0.263 e. The van der Waals surface area contributed by atoms with Crippen LogP contribution >= 0.6 is 11.3 Å². The average molecular weight is 435 g/mol. The SMILES string of the molecule is CNc1c(C(=O)NCCc2ccc(C3CC4CCC(C3)N4)cc2)sc2nc(C)ccc12. The van der Waals surface area contributed by atoms with E-state index >= 15 is 0 Å². The highest BCUT2D eigenvalue weighted by atomic mass is 32.1. The van der Waals surface area contributed by atoms with Crippen LogP contribution in [0.1, 0.15) is 58.1 Å². The largest absolute Gasteiger partial charge is 0.386 e. The molecule has 2 aliphatic heterocycles. The molecule has 0 saturated carbocycles. The molecule has 2 aromatic heterocycles. The molecule has 1 aromatic carbocycles. The van der Waals surface area contributed by atoms with Gasteiger partial charge in [0.1, 0.15) is 9.71 Å². The van der Waals surface area contributed by atoms with E-state index in [1.54, 1.807) is 0 Å². The lowest BCUT2D eigenvalue weighted by Crippen LogP contribution is -2.37. The third kappa shape index (κ3) is 4.19. The maximum Gasteiger partial charge on any atom is 0.263 e. The van der Waals surface area contributed by atoms with E-state index in [1.165, 1.54) is 48.1 Å². The Balaban J connectivity index is 1.19. The lowest BCUT2D eigenvalue weighted by molar-refractivity contribution is 0.0959. The standard InChI is InChI=1S/C25H30N4OS/c1-15-3-10-21-22(26-2)23(31-25(21)28-15)24(30)27-12-11-16-4-6-17(7-5-16)18-13-19-8-9-20(14-18)29-19/h3-7,10,18-20,26,29H,8-9,11-14H2,1-2H3,(H,27,30). The Kier molecular flexibility index (Phi) is 5.67. The summed E-state index contributed by atoms with van der Waals surface area (Å²) in [6.07, 6.45) is 6.04. The Morgan fingerprint density at radius 2 is 1.87 bits per heavy atom. The van der Waals surface area contributed by atoms with Gasteiger partial charge in [-0.1, -0.05) is 24.3 Å². The molecule has 3 N–H and O–H groups in total. The molecule has 2 unspecified atom stereocenters. The van der Waals surface area contributed by atoms with Gasteiger partial charge in [-0.2, -0.15) is 0 Å². The third-order valence-electron chi connectivity index (χ3n) is 6.77. The number of carbonyl (C=O) groups is 1. The predicted molar refractivity (Wildman–Crippen MR) is 128 cm³/mol. The second kappa shape index (κ2) is 8.60. The molecular formula is C25H30N4OS. The summed E-state index contributed by atoms with van der Waals surface area (Å²) in [5.41, 5.74) is 4.57. The van der Waals surface area contributed by atoms with Crippen LogP contribution in [-0.2, 0) is 6.42 Å². The van der Waals surface area contributed by atoms with Crippen molar-refractivity contribution in [3.63, 3.8) is 0 Å². The van der Waals surface area contributed by atoms with Crippen LogP contribution in [0.15, 0.2) is 36.4 Å². The molecule has 162 valence electrons. The molecule has 5 nitrogen and oxygen atoms in total. The van der Waals surface area contributed by atoms with Crippen molar-refractivity contribution in [3.05, 3.63) is 58.1 Å². The van der Waals surface area contributed by atoms with E-state index in [4.69, 9.17) is 0 Å². The van der Waals surface area contributed by atoms with Crippen molar-refractivity contribution in [2.45, 2.75) is 57.0 Å². The summed E-state index contributed by atoms with van der Waals surface area (Å²) in [6, 6.07) is 14.5. The van der Waals surface area contributed by atoms with Crippen molar-refractivity contribution in [2.24, 2.45) is 0 Å². The number of benzene rings is 1. The minimum absolute atomic E-state index is 0.0354. The number of aromatic nitrogens is 1. The summed E-state index contributed by atoms with van der Waals surface area (Å²) in [4.78, 5) is 19.0. The summed E-state index contributed by atoms with van der Waals surface area (Å²) in [5, 5.41) is 11.0. The van der Waals surface area contributed by atoms with Gasteiger partial charge in [0.15, 0.2) is 0 Å². The molecule has 1 amide bonds. The Morgan fingerprint density at radius 1 is 1.13 bits per heavy atom. The molecule has 6 heteroatoms. The number of fused-ring (bicyclic) bond motifs is 3. The Labute approximate surface area is 187 Å². The van der Waals surface area contributed by atoms with Gasteiger partial charge >= 0.3 is 0 Å². The summed E-state index contributed by atoms with van der Waals surface area (Å²) >= 11 is 1.45. The van der Waals surface area contributed by atoms with Gasteiger partial charge in [0.2, 0.25) is 0 Å². The average Bonchev–Trinajstić information content (AvgIpc) is 3.32. The number of anilines is 1. The minimum atomic E-state index is -0.0354. The van der Waals surface area contributed by atoms with E-state index in [-0.39, 0.29) is 5.91 Å². The molecule has 5 rings (SSSR count). The van der Waals surface area contributed by atoms with E-state index in [0.29, 0.717) is 29.4 Å². The fraction of sp³-hybridized carbons (Fsp3) is 0.440. The minimum Gasteiger partial charge on any atom is -0.386 e. The molecule has 0 radical (unpaired) electrons. The summed E-state index contributed by atoms with van der Waals surface area (Å²) in [6.45, 7) is 2.60. The number of nitrogens with one attached hydrogen (secondary N) is 3. The predicted octanol–water partition coefficient (Wildman–Crippen LogP) is 4.62. The number of rotatable bonds is 6. The topological polar surface area (TPSA) is 66.1 Å². The second-order valence-corrected chi connectivity index (χ2v) is 9.91. The quantitative estimate of drug-likeness (QED) is 0.530. The molecule has 2 fully saturated rings. The van der Waals surface area contributed by atoms with Crippen molar-refractivity contribution in [2.75, 3.05) is 18.9 Å². The molecule has 4 heterocycles. The zero-order valence-electron chi connectivity index (χ0n) is 18.2. The van der Waals surface area contributed by atoms with Crippen molar-refractivity contribution < 1.29 is 4.79 Å². The summed E-state index contributed by atoms with van der Waals surface area (Å²) in [7, 11) is 1.85. The number of thiophene rings is 1. The van der Waals surface area contributed by atoms with Crippen molar-refractivity contribution in [1.29, 1.82) is 0 Å². The fourth-order valence-corrected chi connectivity index (χ4v) is 6.31. The van der Waals surface area contributed by atoms with Crippen LogP contribution in [0.2, 0.25) is 0 Å². The second-order valence-electron chi connectivity index (χ2n) is 8.92. The highest BCUT2D eigenvalue weighted by Gasteiger charge is 2.33. The van der Waals surface area contributed by atoms with E-state index < -0.39 is 0 Å². The van der Waals surface area contributed by atoms with Gasteiger partial charge in [-0.25, -0.2) is 4.98 Å². The highest BCUT2D eigenvalue weighted by Crippen LogP contribution is 2.37. The first-order chi connectivity index (χ1) is 15.1. The van der Waals surface area contributed by atoms with E-state index in [0.717, 1.165) is 28.0 Å². The molecule has 2 saturated heterocycles. The van der Waals surface area contributed by atoms with Gasteiger partial charge in [0.25, 0.3) is 5.91 Å². The molecule has 0 aliphatic carbocycles. The molecule has 31 heavy (non-hydrogen) atoms. The van der Waals surface area contributed by atoms with Gasteiger partial charge in [0, 0.05) is 36.8 Å². The maximum atomic E-state index is 12.8. The van der Waals surface area contributed by atoms with Gasteiger partial charge < -0.3 is 16.0 Å². The van der Waals surface area contributed by atoms with Crippen molar-refractivity contribution >= 4 is 33.1 Å². The number of carbonyl (C=O) groups excluding carboxylic acids is 1. The number of nitrogens with zero attached hydrogens (tertiary/aromatic N) is 1. The molecule has 2 atom stereocenters. The number of piperidine rings is 1. The van der Waals surface area contributed by atoms with Crippen LogP contribution in [0, 0.1) is 6.92 Å². The van der Waals surface area contributed by atoms with Crippen LogP contribution in [0.4, 0.5) is 5.69 Å². The number of pyridine rings is 1. The first-order valence-electron chi connectivity index (χ1n) is 11.3. The third-order valence-corrected chi connectivity index (χ3v) is 7.87. The Hall–Kier alpha value is -2.44. The highest BCUT2D eigenvalue weighted by molar-refractivity contribution is 7.21. The summed E-state index contributed by atoms with van der Waals surface area (Å²) in [5.74, 6) is 0.657. The fourth-order valence-electron chi connectivity index (χ4n) is 5.17. The number of hydrogen-bond acceptors (Lipinski definition) is 5. The van der Waals surface area contributed by atoms with Crippen LogP contribution < -0.4 is 16.0 Å². The zero-order valence-corrected chi connectivity index (χ0v) is 19.0. The van der Waals surface area contributed by atoms with Crippen LogP contribution in [0.3, 0.4) is 0 Å². The van der Waals surface area contributed by atoms with E-state index in [2.05, 4.69) is 45.2 Å². The van der Waals surface area contributed by atoms with Crippen molar-refractivity contribution in [3.8, 4) is 0 Å². The molecule has 3 aromatic rings. The molecule has 0 spiro atoms.